The standard InChI is InChI=1S/C22H19F6N3O2/c23-21(24,25)19-17(7-8-31-18(9-12-5-6-12)29-30-20(19)31)32-11-13-10-15(13)14-3-1-2-4-16(14)33-22(26,27)28/h1-4,7-8,12-13,15H,5-6,9-11H2/t13-,15+/m1/s1. The Bertz CT molecular complexity index is 1170. The molecular formula is C22H19F6N3O2. The third-order valence-electron chi connectivity index (χ3n) is 5.98. The lowest BCUT2D eigenvalue weighted by Crippen LogP contribution is -2.18. The van der Waals surface area contributed by atoms with E-state index in [-0.39, 0.29) is 35.6 Å². The number of halogens is 6. The summed E-state index contributed by atoms with van der Waals surface area (Å²) < 4.78 is 90.6. The lowest BCUT2D eigenvalue weighted by molar-refractivity contribution is -0.274. The maximum absolute atomic E-state index is 13.9. The first-order valence-corrected chi connectivity index (χ1v) is 10.5. The van der Waals surface area contributed by atoms with Crippen LogP contribution in [-0.4, -0.2) is 27.6 Å². The Morgan fingerprint density at radius 3 is 2.42 bits per heavy atom. The van der Waals surface area contributed by atoms with Gasteiger partial charge in [0.15, 0.2) is 5.65 Å². The molecule has 2 atom stereocenters. The summed E-state index contributed by atoms with van der Waals surface area (Å²) in [5.74, 6) is -0.289. The minimum absolute atomic E-state index is 0.0761. The molecule has 2 aliphatic rings. The van der Waals surface area contributed by atoms with Crippen LogP contribution in [-0.2, 0) is 12.6 Å². The minimum atomic E-state index is -4.83. The fourth-order valence-electron chi connectivity index (χ4n) is 4.11. The summed E-state index contributed by atoms with van der Waals surface area (Å²) in [6, 6.07) is 7.01. The number of para-hydroxylation sites is 1. The lowest BCUT2D eigenvalue weighted by Gasteiger charge is -2.15. The third kappa shape index (κ3) is 4.72. The van der Waals surface area contributed by atoms with E-state index >= 15 is 0 Å². The normalized spacial score (nSPS) is 20.8. The van der Waals surface area contributed by atoms with Crippen molar-refractivity contribution in [2.45, 2.75) is 44.1 Å². The predicted molar refractivity (Wildman–Crippen MR) is 104 cm³/mol. The van der Waals surface area contributed by atoms with Crippen molar-refractivity contribution in [1.82, 2.24) is 14.6 Å². The quantitative estimate of drug-likeness (QED) is 0.410. The van der Waals surface area contributed by atoms with Gasteiger partial charge in [-0.15, -0.1) is 23.4 Å². The Hall–Kier alpha value is -2.98. The van der Waals surface area contributed by atoms with Gasteiger partial charge < -0.3 is 9.47 Å². The van der Waals surface area contributed by atoms with Gasteiger partial charge in [-0.2, -0.15) is 13.2 Å². The van der Waals surface area contributed by atoms with Crippen LogP contribution in [0.25, 0.3) is 5.65 Å². The molecule has 33 heavy (non-hydrogen) atoms. The number of alkyl halides is 6. The number of hydrogen-bond donors (Lipinski definition) is 0. The van der Waals surface area contributed by atoms with Gasteiger partial charge in [0.05, 0.1) is 6.61 Å². The molecule has 3 aromatic rings. The molecule has 1 aromatic carbocycles. The van der Waals surface area contributed by atoms with Crippen LogP contribution in [0.2, 0.25) is 0 Å². The van der Waals surface area contributed by atoms with E-state index in [9.17, 15) is 26.3 Å². The zero-order valence-corrected chi connectivity index (χ0v) is 17.2. The van der Waals surface area contributed by atoms with Crippen LogP contribution >= 0.6 is 0 Å². The molecule has 0 unspecified atom stereocenters. The summed E-state index contributed by atoms with van der Waals surface area (Å²) in [5, 5.41) is 7.71. The summed E-state index contributed by atoms with van der Waals surface area (Å²) >= 11 is 0. The van der Waals surface area contributed by atoms with Gasteiger partial charge in [0.2, 0.25) is 0 Å². The van der Waals surface area contributed by atoms with Crippen LogP contribution < -0.4 is 9.47 Å². The first-order chi connectivity index (χ1) is 15.6. The van der Waals surface area contributed by atoms with Gasteiger partial charge in [0, 0.05) is 18.5 Å². The van der Waals surface area contributed by atoms with Gasteiger partial charge in [0.1, 0.15) is 22.9 Å². The highest BCUT2D eigenvalue weighted by Crippen LogP contribution is 2.51. The van der Waals surface area contributed by atoms with E-state index in [4.69, 9.17) is 4.74 Å². The zero-order chi connectivity index (χ0) is 23.4. The van der Waals surface area contributed by atoms with Crippen molar-refractivity contribution in [2.24, 2.45) is 11.8 Å². The topological polar surface area (TPSA) is 48.7 Å². The van der Waals surface area contributed by atoms with Crippen LogP contribution in [0, 0.1) is 11.8 Å². The molecule has 0 aliphatic heterocycles. The number of nitrogens with zero attached hydrogens (tertiary/aromatic N) is 3. The Labute approximate surface area is 184 Å². The molecule has 5 nitrogen and oxygen atoms in total. The molecule has 2 aliphatic carbocycles. The van der Waals surface area contributed by atoms with Crippen LogP contribution in [0.15, 0.2) is 36.5 Å². The van der Waals surface area contributed by atoms with Crippen molar-refractivity contribution in [3.8, 4) is 11.5 Å². The molecule has 0 bridgehead atoms. The SMILES string of the molecule is FC(F)(F)Oc1ccccc1[C@H]1C[C@@H]1COc1ccn2c(CC3CC3)nnc2c1C(F)(F)F. The summed E-state index contributed by atoms with van der Waals surface area (Å²) in [6.45, 7) is -0.0761. The van der Waals surface area contributed by atoms with Gasteiger partial charge in [-0.05, 0) is 48.8 Å². The number of pyridine rings is 1. The number of aromatic nitrogens is 3. The number of benzene rings is 1. The first kappa shape index (κ1) is 21.8. The predicted octanol–water partition coefficient (Wildman–Crippen LogP) is 5.78. The highest BCUT2D eigenvalue weighted by molar-refractivity contribution is 5.57. The largest absolute Gasteiger partial charge is 0.573 e. The summed E-state index contributed by atoms with van der Waals surface area (Å²) in [7, 11) is 0. The molecular weight excluding hydrogens is 452 g/mol. The highest BCUT2D eigenvalue weighted by atomic mass is 19.4. The van der Waals surface area contributed by atoms with E-state index < -0.39 is 18.1 Å². The molecule has 0 saturated heterocycles. The smallest absolute Gasteiger partial charge is 0.492 e. The van der Waals surface area contributed by atoms with Crippen molar-refractivity contribution in [2.75, 3.05) is 6.61 Å². The summed E-state index contributed by atoms with van der Waals surface area (Å²) in [5.41, 5.74) is -0.957. The van der Waals surface area contributed by atoms with E-state index in [2.05, 4.69) is 14.9 Å². The fraction of sp³-hybridized carbons (Fsp3) is 0.455. The number of hydrogen-bond acceptors (Lipinski definition) is 4. The molecule has 0 amide bonds. The zero-order valence-electron chi connectivity index (χ0n) is 17.2. The minimum Gasteiger partial charge on any atom is -0.492 e. The van der Waals surface area contributed by atoms with E-state index in [0.29, 0.717) is 30.1 Å². The van der Waals surface area contributed by atoms with Crippen molar-refractivity contribution in [3.05, 3.63) is 53.5 Å². The van der Waals surface area contributed by atoms with Gasteiger partial charge in [0.25, 0.3) is 0 Å². The number of ether oxygens (including phenoxy) is 2. The highest BCUT2D eigenvalue weighted by Gasteiger charge is 2.44. The fourth-order valence-corrected chi connectivity index (χ4v) is 4.11. The molecule has 11 heteroatoms. The molecule has 2 aromatic heterocycles. The maximum atomic E-state index is 13.9. The van der Waals surface area contributed by atoms with Crippen LogP contribution in [0.1, 0.15) is 42.1 Å². The Balaban J connectivity index is 1.34. The van der Waals surface area contributed by atoms with Crippen molar-refractivity contribution in [1.29, 1.82) is 0 Å². The second-order valence-corrected chi connectivity index (χ2v) is 8.51. The molecule has 2 fully saturated rings. The van der Waals surface area contributed by atoms with E-state index in [0.717, 1.165) is 12.8 Å². The van der Waals surface area contributed by atoms with E-state index in [1.54, 1.807) is 6.07 Å². The van der Waals surface area contributed by atoms with Crippen LogP contribution in [0.4, 0.5) is 26.3 Å². The monoisotopic (exact) mass is 471 g/mol. The number of fused-ring (bicyclic) bond motifs is 1. The summed E-state index contributed by atoms with van der Waals surface area (Å²) in [4.78, 5) is 0. The number of rotatable bonds is 7. The molecule has 2 saturated carbocycles. The van der Waals surface area contributed by atoms with Gasteiger partial charge in [-0.25, -0.2) is 0 Å². The second-order valence-electron chi connectivity index (χ2n) is 8.51. The Morgan fingerprint density at radius 1 is 0.970 bits per heavy atom. The van der Waals surface area contributed by atoms with E-state index in [1.807, 2.05) is 0 Å². The molecule has 176 valence electrons. The molecule has 0 radical (unpaired) electrons. The lowest BCUT2D eigenvalue weighted by atomic mass is 10.1. The average molecular weight is 471 g/mol. The Kier molecular flexibility index (Phi) is 5.17. The van der Waals surface area contributed by atoms with Crippen LogP contribution in [0.3, 0.4) is 0 Å². The molecule has 2 heterocycles. The van der Waals surface area contributed by atoms with E-state index in [1.165, 1.54) is 34.9 Å². The average Bonchev–Trinajstić information content (AvgIpc) is 3.63. The van der Waals surface area contributed by atoms with Crippen molar-refractivity contribution in [3.63, 3.8) is 0 Å². The maximum Gasteiger partial charge on any atom is 0.573 e. The third-order valence-corrected chi connectivity index (χ3v) is 5.98. The van der Waals surface area contributed by atoms with Gasteiger partial charge in [-0.1, -0.05) is 18.2 Å². The Morgan fingerprint density at radius 2 is 1.73 bits per heavy atom. The van der Waals surface area contributed by atoms with Gasteiger partial charge >= 0.3 is 12.5 Å². The summed E-state index contributed by atoms with van der Waals surface area (Å²) in [6.07, 6.45) is -4.96. The van der Waals surface area contributed by atoms with Crippen molar-refractivity contribution < 1.29 is 35.8 Å². The van der Waals surface area contributed by atoms with Crippen LogP contribution in [0.5, 0.6) is 11.5 Å². The second kappa shape index (κ2) is 7.81. The molecule has 5 rings (SSSR count). The first-order valence-electron chi connectivity index (χ1n) is 10.5. The van der Waals surface area contributed by atoms with Crippen molar-refractivity contribution >= 4 is 5.65 Å². The molecule has 0 spiro atoms. The molecule has 0 N–H and O–H groups in total. The van der Waals surface area contributed by atoms with Gasteiger partial charge in [-0.3, -0.25) is 4.40 Å².